The van der Waals surface area contributed by atoms with Crippen molar-refractivity contribution >= 4 is 17.7 Å². The summed E-state index contributed by atoms with van der Waals surface area (Å²) in [5.41, 5.74) is 2.93. The highest BCUT2D eigenvalue weighted by Crippen LogP contribution is 2.31. The Morgan fingerprint density at radius 1 is 1.07 bits per heavy atom. The lowest BCUT2D eigenvalue weighted by molar-refractivity contribution is -0.136. The molecule has 7 heteroatoms. The van der Waals surface area contributed by atoms with Gasteiger partial charge in [-0.3, -0.25) is 24.6 Å². The second-order valence-corrected chi connectivity index (χ2v) is 8.59. The number of carbonyl (C=O) groups is 3. The molecular formula is C21H26N4O3. The molecule has 0 aromatic heterocycles. The van der Waals surface area contributed by atoms with Crippen molar-refractivity contribution in [1.29, 1.82) is 0 Å². The number of rotatable bonds is 3. The fraction of sp³-hybridized carbons (Fsp3) is 0.571. The van der Waals surface area contributed by atoms with Gasteiger partial charge in [-0.05, 0) is 48.9 Å². The van der Waals surface area contributed by atoms with Crippen LogP contribution in [0.15, 0.2) is 18.2 Å². The third kappa shape index (κ3) is 3.12. The minimum absolute atomic E-state index is 0.0936. The number of imide groups is 1. The van der Waals surface area contributed by atoms with Gasteiger partial charge in [0.25, 0.3) is 5.91 Å². The summed E-state index contributed by atoms with van der Waals surface area (Å²) in [5, 5.41) is 6.01. The van der Waals surface area contributed by atoms with Crippen molar-refractivity contribution in [3.8, 4) is 0 Å². The summed E-state index contributed by atoms with van der Waals surface area (Å²) in [5.74, 6) is 0.00527. The van der Waals surface area contributed by atoms with E-state index in [0.717, 1.165) is 31.7 Å². The Morgan fingerprint density at radius 2 is 1.96 bits per heavy atom. The van der Waals surface area contributed by atoms with Crippen LogP contribution in [0.25, 0.3) is 0 Å². The summed E-state index contributed by atoms with van der Waals surface area (Å²) in [7, 11) is 0. The Kier molecular flexibility index (Phi) is 4.44. The first kappa shape index (κ1) is 17.8. The predicted molar refractivity (Wildman–Crippen MR) is 102 cm³/mol. The van der Waals surface area contributed by atoms with Gasteiger partial charge >= 0.3 is 0 Å². The molecular weight excluding hydrogens is 356 g/mol. The summed E-state index contributed by atoms with van der Waals surface area (Å²) in [6.07, 6.45) is 3.23. The van der Waals surface area contributed by atoms with Crippen molar-refractivity contribution in [1.82, 2.24) is 20.4 Å². The van der Waals surface area contributed by atoms with Crippen LogP contribution < -0.4 is 10.6 Å². The van der Waals surface area contributed by atoms with Gasteiger partial charge in [-0.25, -0.2) is 0 Å². The molecule has 0 radical (unpaired) electrons. The smallest absolute Gasteiger partial charge is 0.255 e. The van der Waals surface area contributed by atoms with Crippen LogP contribution in [-0.2, 0) is 22.7 Å². The molecule has 2 N–H and O–H groups in total. The molecule has 3 unspecified atom stereocenters. The Hall–Kier alpha value is -2.25. The number of carbonyl (C=O) groups excluding carboxylic acids is 3. The molecule has 2 bridgehead atoms. The molecule has 7 nitrogen and oxygen atoms in total. The van der Waals surface area contributed by atoms with E-state index in [2.05, 4.69) is 21.6 Å². The topological polar surface area (TPSA) is 81.8 Å². The fourth-order valence-electron chi connectivity index (χ4n) is 5.21. The highest BCUT2D eigenvalue weighted by Gasteiger charge is 2.40. The molecule has 0 spiro atoms. The van der Waals surface area contributed by atoms with Gasteiger partial charge in [-0.1, -0.05) is 12.1 Å². The molecule has 28 heavy (non-hydrogen) atoms. The number of fused-ring (bicyclic) bond motifs is 5. The lowest BCUT2D eigenvalue weighted by Crippen LogP contribution is -2.52. The second-order valence-electron chi connectivity index (χ2n) is 8.59. The number of nitrogens with zero attached hydrogens (tertiary/aromatic N) is 2. The van der Waals surface area contributed by atoms with Gasteiger partial charge in [0.15, 0.2) is 0 Å². The van der Waals surface area contributed by atoms with Crippen LogP contribution in [-0.4, -0.2) is 59.2 Å². The SMILES string of the molecule is O=C1CCC(N2Cc3c(CN4CC5CCC(C4)NC5)cccc3C2=O)C(=O)N1. The average molecular weight is 382 g/mol. The van der Waals surface area contributed by atoms with Crippen molar-refractivity contribution in [2.45, 2.75) is 50.9 Å². The van der Waals surface area contributed by atoms with Crippen molar-refractivity contribution in [3.63, 3.8) is 0 Å². The van der Waals surface area contributed by atoms with Gasteiger partial charge in [-0.2, -0.15) is 0 Å². The molecule has 6 rings (SSSR count). The zero-order valence-electron chi connectivity index (χ0n) is 15.9. The molecule has 4 saturated heterocycles. The average Bonchev–Trinajstić information content (AvgIpc) is 2.82. The summed E-state index contributed by atoms with van der Waals surface area (Å²) < 4.78 is 0. The molecule has 3 amide bonds. The van der Waals surface area contributed by atoms with Gasteiger partial charge in [0.2, 0.25) is 11.8 Å². The van der Waals surface area contributed by atoms with Crippen LogP contribution in [0.5, 0.6) is 0 Å². The number of amides is 3. The lowest BCUT2D eigenvalue weighted by atomic mass is 9.97. The quantitative estimate of drug-likeness (QED) is 0.750. The Bertz CT molecular complexity index is 817. The van der Waals surface area contributed by atoms with Crippen LogP contribution in [0.1, 0.15) is 47.2 Å². The van der Waals surface area contributed by atoms with Crippen molar-refractivity contribution in [2.24, 2.45) is 5.92 Å². The Labute approximate surface area is 164 Å². The number of piperidine rings is 2. The molecule has 0 saturated carbocycles. The van der Waals surface area contributed by atoms with E-state index in [1.807, 2.05) is 12.1 Å². The third-order valence-electron chi connectivity index (χ3n) is 6.69. The first-order valence-corrected chi connectivity index (χ1v) is 10.3. The van der Waals surface area contributed by atoms with Crippen LogP contribution >= 0.6 is 0 Å². The predicted octanol–water partition coefficient (Wildman–Crippen LogP) is 0.631. The van der Waals surface area contributed by atoms with Gasteiger partial charge in [0.1, 0.15) is 6.04 Å². The standard InChI is InChI=1S/C21H26N4O3/c26-19-7-6-18(20(27)23-19)25-12-17-14(2-1-3-16(17)21(25)28)10-24-9-13-4-5-15(11-24)22-8-13/h1-3,13,15,18,22H,4-12H2,(H,23,26,27). The normalized spacial score (nSPS) is 30.4. The van der Waals surface area contributed by atoms with Crippen molar-refractivity contribution in [2.75, 3.05) is 19.6 Å². The molecule has 5 heterocycles. The monoisotopic (exact) mass is 382 g/mol. The molecule has 1 aromatic carbocycles. The molecule has 4 fully saturated rings. The first-order chi connectivity index (χ1) is 13.6. The van der Waals surface area contributed by atoms with Crippen molar-refractivity contribution < 1.29 is 14.4 Å². The van der Waals surface area contributed by atoms with E-state index >= 15 is 0 Å². The van der Waals surface area contributed by atoms with Gasteiger partial charge in [0.05, 0.1) is 0 Å². The van der Waals surface area contributed by atoms with E-state index in [0.29, 0.717) is 30.5 Å². The molecule has 3 atom stereocenters. The maximum Gasteiger partial charge on any atom is 0.255 e. The van der Waals surface area contributed by atoms with Crippen LogP contribution in [0.4, 0.5) is 0 Å². The van der Waals surface area contributed by atoms with Gasteiger partial charge in [-0.15, -0.1) is 0 Å². The Balaban J connectivity index is 1.36. The van der Waals surface area contributed by atoms with E-state index in [-0.39, 0.29) is 24.1 Å². The summed E-state index contributed by atoms with van der Waals surface area (Å²) >= 11 is 0. The number of hydrogen-bond acceptors (Lipinski definition) is 5. The molecule has 148 valence electrons. The van der Waals surface area contributed by atoms with E-state index in [9.17, 15) is 14.4 Å². The first-order valence-electron chi connectivity index (χ1n) is 10.3. The fourth-order valence-corrected chi connectivity index (χ4v) is 5.21. The zero-order chi connectivity index (χ0) is 19.3. The number of hydrogen-bond donors (Lipinski definition) is 2. The molecule has 0 aliphatic carbocycles. The van der Waals surface area contributed by atoms with E-state index in [1.54, 1.807) is 4.90 Å². The van der Waals surface area contributed by atoms with Crippen LogP contribution in [0.2, 0.25) is 0 Å². The number of nitrogens with one attached hydrogen (secondary N) is 2. The summed E-state index contributed by atoms with van der Waals surface area (Å²) in [6, 6.07) is 5.94. The van der Waals surface area contributed by atoms with Gasteiger partial charge in [0, 0.05) is 44.2 Å². The maximum absolute atomic E-state index is 13.0. The largest absolute Gasteiger partial charge is 0.322 e. The summed E-state index contributed by atoms with van der Waals surface area (Å²) in [4.78, 5) is 40.8. The lowest BCUT2D eigenvalue weighted by Gasteiger charge is -2.29. The molecule has 5 aliphatic heterocycles. The van der Waals surface area contributed by atoms with Crippen molar-refractivity contribution in [3.05, 3.63) is 34.9 Å². The van der Waals surface area contributed by atoms with Gasteiger partial charge < -0.3 is 10.2 Å². The molecule has 5 aliphatic rings. The zero-order valence-corrected chi connectivity index (χ0v) is 15.9. The highest BCUT2D eigenvalue weighted by molar-refractivity contribution is 6.05. The minimum Gasteiger partial charge on any atom is -0.322 e. The highest BCUT2D eigenvalue weighted by atomic mass is 16.2. The maximum atomic E-state index is 13.0. The van der Waals surface area contributed by atoms with Crippen LogP contribution in [0.3, 0.4) is 0 Å². The number of benzene rings is 1. The van der Waals surface area contributed by atoms with E-state index < -0.39 is 6.04 Å². The molecule has 1 aromatic rings. The summed E-state index contributed by atoms with van der Waals surface area (Å²) in [6.45, 7) is 4.54. The van der Waals surface area contributed by atoms with E-state index in [1.165, 1.54) is 18.4 Å². The Morgan fingerprint density at radius 3 is 2.75 bits per heavy atom. The minimum atomic E-state index is -0.552. The third-order valence-corrected chi connectivity index (χ3v) is 6.69. The second kappa shape index (κ2) is 6.97. The van der Waals surface area contributed by atoms with E-state index in [4.69, 9.17) is 0 Å². The van der Waals surface area contributed by atoms with Crippen LogP contribution in [0, 0.1) is 5.92 Å².